The lowest BCUT2D eigenvalue weighted by molar-refractivity contribution is -0.123. The van der Waals surface area contributed by atoms with Crippen LogP contribution in [-0.4, -0.2) is 28.1 Å². The molecule has 0 aliphatic rings. The molecule has 0 spiro atoms. The number of amides is 1. The molecule has 0 fully saturated rings. The van der Waals surface area contributed by atoms with Crippen molar-refractivity contribution in [2.45, 2.75) is 31.8 Å². The van der Waals surface area contributed by atoms with Crippen molar-refractivity contribution in [3.05, 3.63) is 66.0 Å². The summed E-state index contributed by atoms with van der Waals surface area (Å²) in [7, 11) is 0. The van der Waals surface area contributed by atoms with Gasteiger partial charge < -0.3 is 10.4 Å². The minimum absolute atomic E-state index is 0.0982. The summed E-state index contributed by atoms with van der Waals surface area (Å²) < 4.78 is 0. The van der Waals surface area contributed by atoms with E-state index >= 15 is 0 Å². The van der Waals surface area contributed by atoms with Crippen LogP contribution in [0.4, 0.5) is 0 Å². The van der Waals surface area contributed by atoms with Gasteiger partial charge in [-0.25, -0.2) is 0 Å². The average Bonchev–Trinajstić information content (AvgIpc) is 2.51. The van der Waals surface area contributed by atoms with E-state index in [0.717, 1.165) is 11.3 Å². The predicted octanol–water partition coefficient (Wildman–Crippen LogP) is 2.29. The minimum Gasteiger partial charge on any atom is -0.389 e. The number of aromatic nitrogens is 1. The Hall–Kier alpha value is -2.20. The maximum absolute atomic E-state index is 12.5. The zero-order valence-corrected chi connectivity index (χ0v) is 13.0. The third-order valence-corrected chi connectivity index (χ3v) is 3.35. The van der Waals surface area contributed by atoms with Crippen LogP contribution in [0.3, 0.4) is 0 Å². The lowest BCUT2D eigenvalue weighted by Gasteiger charge is -2.21. The number of hydrogen-bond donors (Lipinski definition) is 2. The average molecular weight is 298 g/mol. The second-order valence-electron chi connectivity index (χ2n) is 6.02. The molecule has 0 radical (unpaired) electrons. The number of carbonyl (C=O) groups excluding carboxylic acids is 1. The van der Waals surface area contributed by atoms with Crippen LogP contribution in [0.2, 0.25) is 0 Å². The van der Waals surface area contributed by atoms with Crippen molar-refractivity contribution in [3.63, 3.8) is 0 Å². The summed E-state index contributed by atoms with van der Waals surface area (Å²) in [6.07, 6.45) is 2.26. The van der Waals surface area contributed by atoms with E-state index in [2.05, 4.69) is 10.3 Å². The van der Waals surface area contributed by atoms with E-state index in [4.69, 9.17) is 0 Å². The Kier molecular flexibility index (Phi) is 5.28. The summed E-state index contributed by atoms with van der Waals surface area (Å²) in [5, 5.41) is 12.6. The zero-order valence-electron chi connectivity index (χ0n) is 13.0. The summed E-state index contributed by atoms with van der Waals surface area (Å²) >= 11 is 0. The molecular formula is C18H22N2O2. The van der Waals surface area contributed by atoms with Crippen molar-refractivity contribution >= 4 is 5.91 Å². The number of nitrogens with one attached hydrogen (secondary N) is 1. The number of nitrogens with zero attached hydrogens (tertiary/aromatic N) is 1. The fourth-order valence-corrected chi connectivity index (χ4v) is 2.20. The lowest BCUT2D eigenvalue weighted by atomic mass is 9.93. The Balaban J connectivity index is 2.17. The highest BCUT2D eigenvalue weighted by Gasteiger charge is 2.23. The molecule has 1 unspecified atom stereocenters. The van der Waals surface area contributed by atoms with Gasteiger partial charge in [0, 0.05) is 24.9 Å². The van der Waals surface area contributed by atoms with Crippen LogP contribution in [0.25, 0.3) is 0 Å². The predicted molar refractivity (Wildman–Crippen MR) is 86.4 cm³/mol. The Labute approximate surface area is 131 Å². The second-order valence-corrected chi connectivity index (χ2v) is 6.02. The molecule has 1 heterocycles. The molecule has 4 nitrogen and oxygen atoms in total. The molecule has 1 amide bonds. The Morgan fingerprint density at radius 1 is 1.18 bits per heavy atom. The van der Waals surface area contributed by atoms with E-state index in [1.807, 2.05) is 48.5 Å². The van der Waals surface area contributed by atoms with Crippen molar-refractivity contribution in [1.29, 1.82) is 0 Å². The normalized spacial score (nSPS) is 12.7. The van der Waals surface area contributed by atoms with Crippen LogP contribution >= 0.6 is 0 Å². The van der Waals surface area contributed by atoms with Crippen molar-refractivity contribution in [2.24, 2.45) is 0 Å². The van der Waals surface area contributed by atoms with Crippen LogP contribution in [0.1, 0.15) is 31.0 Å². The molecule has 0 aliphatic heterocycles. The van der Waals surface area contributed by atoms with Gasteiger partial charge in [0.15, 0.2) is 0 Å². The van der Waals surface area contributed by atoms with Crippen molar-refractivity contribution in [1.82, 2.24) is 10.3 Å². The first-order chi connectivity index (χ1) is 10.5. The molecule has 0 saturated heterocycles. The number of aliphatic hydroxyl groups is 1. The topological polar surface area (TPSA) is 62.2 Å². The van der Waals surface area contributed by atoms with E-state index in [1.165, 1.54) is 0 Å². The molecule has 1 aromatic carbocycles. The molecular weight excluding hydrogens is 276 g/mol. The van der Waals surface area contributed by atoms with E-state index in [1.54, 1.807) is 20.0 Å². The molecule has 2 N–H and O–H groups in total. The zero-order chi connectivity index (χ0) is 16.0. The Morgan fingerprint density at radius 3 is 2.45 bits per heavy atom. The molecule has 0 bridgehead atoms. The molecule has 4 heteroatoms. The van der Waals surface area contributed by atoms with Gasteiger partial charge in [0.25, 0.3) is 0 Å². The van der Waals surface area contributed by atoms with E-state index in [-0.39, 0.29) is 18.4 Å². The van der Waals surface area contributed by atoms with Gasteiger partial charge in [-0.2, -0.15) is 0 Å². The van der Waals surface area contributed by atoms with Gasteiger partial charge in [0.1, 0.15) is 0 Å². The highest BCUT2D eigenvalue weighted by Crippen LogP contribution is 2.20. The highest BCUT2D eigenvalue weighted by atomic mass is 16.3. The van der Waals surface area contributed by atoms with Crippen LogP contribution in [0.15, 0.2) is 54.7 Å². The SMILES string of the molecule is CC(C)(O)CNC(=O)C(Cc1ccccn1)c1ccccc1. The Morgan fingerprint density at radius 2 is 1.86 bits per heavy atom. The number of pyridine rings is 1. The van der Waals surface area contributed by atoms with Crippen molar-refractivity contribution in [3.8, 4) is 0 Å². The number of carbonyl (C=O) groups is 1. The minimum atomic E-state index is -0.929. The molecule has 0 saturated carbocycles. The molecule has 1 atom stereocenters. The molecule has 1 aromatic heterocycles. The van der Waals surface area contributed by atoms with Crippen molar-refractivity contribution < 1.29 is 9.90 Å². The number of benzene rings is 1. The van der Waals surface area contributed by atoms with Gasteiger partial charge in [-0.1, -0.05) is 36.4 Å². The molecule has 2 rings (SSSR count). The first kappa shape index (κ1) is 16.2. The van der Waals surface area contributed by atoms with Crippen molar-refractivity contribution in [2.75, 3.05) is 6.54 Å². The largest absolute Gasteiger partial charge is 0.389 e. The highest BCUT2D eigenvalue weighted by molar-refractivity contribution is 5.84. The smallest absolute Gasteiger partial charge is 0.228 e. The van der Waals surface area contributed by atoms with E-state index in [9.17, 15) is 9.90 Å². The summed E-state index contributed by atoms with van der Waals surface area (Å²) in [5.74, 6) is -0.419. The summed E-state index contributed by atoms with van der Waals surface area (Å²) in [4.78, 5) is 16.9. The third kappa shape index (κ3) is 4.97. The fourth-order valence-electron chi connectivity index (χ4n) is 2.20. The van der Waals surface area contributed by atoms with Crippen LogP contribution in [-0.2, 0) is 11.2 Å². The van der Waals surface area contributed by atoms with Gasteiger partial charge in [0.2, 0.25) is 5.91 Å². The van der Waals surface area contributed by atoms with Crippen LogP contribution < -0.4 is 5.32 Å². The summed E-state index contributed by atoms with van der Waals surface area (Å²) in [5.41, 5.74) is 0.887. The number of rotatable bonds is 6. The van der Waals surface area contributed by atoms with Crippen LogP contribution in [0, 0.1) is 0 Å². The maximum atomic E-state index is 12.5. The van der Waals surface area contributed by atoms with Gasteiger partial charge in [-0.05, 0) is 31.5 Å². The van der Waals surface area contributed by atoms with E-state index < -0.39 is 5.60 Å². The van der Waals surface area contributed by atoms with Gasteiger partial charge in [-0.15, -0.1) is 0 Å². The Bertz CT molecular complexity index is 591. The van der Waals surface area contributed by atoms with E-state index in [0.29, 0.717) is 6.42 Å². The lowest BCUT2D eigenvalue weighted by Crippen LogP contribution is -2.40. The maximum Gasteiger partial charge on any atom is 0.228 e. The fraction of sp³-hybridized carbons (Fsp3) is 0.333. The summed E-state index contributed by atoms with van der Waals surface area (Å²) in [6, 6.07) is 15.3. The summed E-state index contributed by atoms with van der Waals surface area (Å²) in [6.45, 7) is 3.56. The quantitative estimate of drug-likeness (QED) is 0.860. The molecule has 2 aromatic rings. The monoisotopic (exact) mass is 298 g/mol. The standard InChI is InChI=1S/C18H22N2O2/c1-18(2,22)13-20-17(21)16(14-8-4-3-5-9-14)12-15-10-6-7-11-19-15/h3-11,16,22H,12-13H2,1-2H3,(H,20,21). The second kappa shape index (κ2) is 7.18. The molecule has 22 heavy (non-hydrogen) atoms. The van der Waals surface area contributed by atoms with Gasteiger partial charge in [0.05, 0.1) is 11.5 Å². The third-order valence-electron chi connectivity index (χ3n) is 3.35. The van der Waals surface area contributed by atoms with Gasteiger partial charge in [-0.3, -0.25) is 9.78 Å². The molecule has 116 valence electrons. The first-order valence-electron chi connectivity index (χ1n) is 7.41. The van der Waals surface area contributed by atoms with Gasteiger partial charge >= 0.3 is 0 Å². The van der Waals surface area contributed by atoms with Crippen LogP contribution in [0.5, 0.6) is 0 Å². The molecule has 0 aliphatic carbocycles. The number of hydrogen-bond acceptors (Lipinski definition) is 3. The first-order valence-corrected chi connectivity index (χ1v) is 7.41.